The number of alkyl halides is 1. The molecule has 0 aromatic heterocycles. The molecule has 1 aromatic rings. The second-order valence-corrected chi connectivity index (χ2v) is 8.38. The van der Waals surface area contributed by atoms with Crippen molar-refractivity contribution in [1.29, 1.82) is 0 Å². The molecule has 0 saturated carbocycles. The fourth-order valence-electron chi connectivity index (χ4n) is 2.23. The Balaban J connectivity index is 2.35. The highest BCUT2D eigenvalue weighted by Crippen LogP contribution is 2.33. The third-order valence-electron chi connectivity index (χ3n) is 3.77. The number of hydrogen-bond acceptors (Lipinski definition) is 4. The lowest BCUT2D eigenvalue weighted by atomic mass is 9.95. The molecule has 1 N–H and O–H groups in total. The number of halogens is 1. The van der Waals surface area contributed by atoms with Gasteiger partial charge >= 0.3 is 0 Å². The van der Waals surface area contributed by atoms with Crippen molar-refractivity contribution in [2.24, 2.45) is 5.41 Å². The van der Waals surface area contributed by atoms with E-state index < -0.39 is 15.4 Å². The third kappa shape index (κ3) is 3.72. The first-order chi connectivity index (χ1) is 10.7. The largest absolute Gasteiger partial charge is 0.495 e. The van der Waals surface area contributed by atoms with Crippen LogP contribution in [0.5, 0.6) is 5.75 Å². The number of benzene rings is 1. The number of amides is 1. The molecule has 0 atom stereocenters. The Hall–Kier alpha value is -1.47. The lowest BCUT2D eigenvalue weighted by molar-refractivity contribution is -0.122. The molecule has 1 aliphatic rings. The Labute approximate surface area is 141 Å². The Kier molecular flexibility index (Phi) is 5.10. The zero-order chi connectivity index (χ0) is 17.3. The van der Waals surface area contributed by atoms with Gasteiger partial charge in [0.05, 0.1) is 29.7 Å². The highest BCUT2D eigenvalue weighted by Gasteiger charge is 2.30. The van der Waals surface area contributed by atoms with Crippen molar-refractivity contribution in [1.82, 2.24) is 0 Å². The molecule has 1 fully saturated rings. The van der Waals surface area contributed by atoms with Crippen molar-refractivity contribution in [3.63, 3.8) is 0 Å². The quantitative estimate of drug-likeness (QED) is 0.818. The van der Waals surface area contributed by atoms with Crippen molar-refractivity contribution in [2.75, 3.05) is 34.9 Å². The number of sulfonamides is 1. The molecule has 0 radical (unpaired) electrons. The Morgan fingerprint density at radius 1 is 1.43 bits per heavy atom. The summed E-state index contributed by atoms with van der Waals surface area (Å²) in [6, 6.07) is 4.93. The molecule has 128 valence electrons. The zero-order valence-corrected chi connectivity index (χ0v) is 15.0. The molecule has 0 spiro atoms. The number of anilines is 2. The molecular formula is C15H21ClN2O4S. The van der Waals surface area contributed by atoms with Gasteiger partial charge in [0.15, 0.2) is 0 Å². The molecular weight excluding hydrogens is 340 g/mol. The number of ether oxygens (including phenoxy) is 1. The number of rotatable bonds is 5. The molecule has 1 saturated heterocycles. The molecule has 1 amide bonds. The molecule has 2 rings (SSSR count). The maximum absolute atomic E-state index is 12.3. The number of nitrogens with one attached hydrogen (secondary N) is 1. The first-order valence-electron chi connectivity index (χ1n) is 7.27. The van der Waals surface area contributed by atoms with Gasteiger partial charge in [0.25, 0.3) is 0 Å². The first kappa shape index (κ1) is 17.9. The summed E-state index contributed by atoms with van der Waals surface area (Å²) in [5, 5.41) is 2.77. The van der Waals surface area contributed by atoms with Crippen LogP contribution in [0, 0.1) is 5.41 Å². The predicted molar refractivity (Wildman–Crippen MR) is 91.9 cm³/mol. The first-order valence-corrected chi connectivity index (χ1v) is 9.41. The van der Waals surface area contributed by atoms with E-state index >= 15 is 0 Å². The normalized spacial score (nSPS) is 17.1. The van der Waals surface area contributed by atoms with E-state index in [9.17, 15) is 13.2 Å². The summed E-state index contributed by atoms with van der Waals surface area (Å²) in [6.45, 7) is 3.91. The highest BCUT2D eigenvalue weighted by molar-refractivity contribution is 7.93. The van der Waals surface area contributed by atoms with Gasteiger partial charge in [-0.3, -0.25) is 9.10 Å². The van der Waals surface area contributed by atoms with Crippen molar-refractivity contribution in [2.45, 2.75) is 20.3 Å². The van der Waals surface area contributed by atoms with Crippen LogP contribution < -0.4 is 14.4 Å². The topological polar surface area (TPSA) is 75.7 Å². The minimum atomic E-state index is -3.28. The van der Waals surface area contributed by atoms with Crippen molar-refractivity contribution in [3.05, 3.63) is 18.2 Å². The van der Waals surface area contributed by atoms with Crippen LogP contribution in [0.1, 0.15) is 20.3 Å². The standard InChI is InChI=1S/C15H21ClN2O4S/c1-15(2,10-16)14(19)17-12-9-11(5-6-13(12)22-3)18-7-4-8-23(18,20)21/h5-6,9H,4,7-8,10H2,1-3H3,(H,17,19). The van der Waals surface area contributed by atoms with Crippen LogP contribution in [0.4, 0.5) is 11.4 Å². The maximum atomic E-state index is 12.3. The average molecular weight is 361 g/mol. The molecule has 23 heavy (non-hydrogen) atoms. The van der Waals surface area contributed by atoms with Crippen molar-refractivity contribution >= 4 is 38.9 Å². The number of nitrogens with zero attached hydrogens (tertiary/aromatic N) is 1. The van der Waals surface area contributed by atoms with Gasteiger partial charge in [0, 0.05) is 12.4 Å². The van der Waals surface area contributed by atoms with E-state index in [2.05, 4.69) is 5.32 Å². The van der Waals surface area contributed by atoms with Crippen LogP contribution in [0.25, 0.3) is 0 Å². The van der Waals surface area contributed by atoms with Gasteiger partial charge in [0.1, 0.15) is 5.75 Å². The summed E-state index contributed by atoms with van der Waals surface area (Å²) in [5.74, 6) is 0.512. The highest BCUT2D eigenvalue weighted by atomic mass is 35.5. The zero-order valence-electron chi connectivity index (χ0n) is 13.4. The van der Waals surface area contributed by atoms with Gasteiger partial charge < -0.3 is 10.1 Å². The van der Waals surface area contributed by atoms with E-state index in [-0.39, 0.29) is 17.5 Å². The second kappa shape index (κ2) is 6.57. The lowest BCUT2D eigenvalue weighted by Gasteiger charge is -2.23. The maximum Gasteiger partial charge on any atom is 0.235 e. The number of methoxy groups -OCH3 is 1. The Morgan fingerprint density at radius 2 is 2.13 bits per heavy atom. The fourth-order valence-corrected chi connectivity index (χ4v) is 3.91. The second-order valence-electron chi connectivity index (χ2n) is 6.10. The van der Waals surface area contributed by atoms with Gasteiger partial charge in [0.2, 0.25) is 15.9 Å². The molecule has 8 heteroatoms. The van der Waals surface area contributed by atoms with E-state index in [4.69, 9.17) is 16.3 Å². The van der Waals surface area contributed by atoms with Crippen LogP contribution in [-0.4, -0.2) is 39.6 Å². The average Bonchev–Trinajstić information content (AvgIpc) is 2.86. The van der Waals surface area contributed by atoms with Crippen LogP contribution >= 0.6 is 11.6 Å². The van der Waals surface area contributed by atoms with E-state index in [0.717, 1.165) is 0 Å². The SMILES string of the molecule is COc1ccc(N2CCCS2(=O)=O)cc1NC(=O)C(C)(C)CCl. The predicted octanol–water partition coefficient (Wildman–Crippen LogP) is 2.44. The molecule has 0 aliphatic carbocycles. The van der Waals surface area contributed by atoms with Crippen LogP contribution in [-0.2, 0) is 14.8 Å². The Morgan fingerprint density at radius 3 is 2.65 bits per heavy atom. The minimum Gasteiger partial charge on any atom is -0.495 e. The lowest BCUT2D eigenvalue weighted by Crippen LogP contribution is -2.32. The van der Waals surface area contributed by atoms with Gasteiger partial charge in [-0.15, -0.1) is 11.6 Å². The van der Waals surface area contributed by atoms with E-state index in [1.165, 1.54) is 11.4 Å². The monoisotopic (exact) mass is 360 g/mol. The van der Waals surface area contributed by atoms with Crippen molar-refractivity contribution in [3.8, 4) is 5.75 Å². The minimum absolute atomic E-state index is 0.139. The summed E-state index contributed by atoms with van der Waals surface area (Å²) in [5.41, 5.74) is 0.194. The number of carbonyl (C=O) groups excluding carboxylic acids is 1. The summed E-state index contributed by atoms with van der Waals surface area (Å²) < 4.78 is 30.7. The molecule has 0 unspecified atom stereocenters. The smallest absolute Gasteiger partial charge is 0.235 e. The van der Waals surface area contributed by atoms with Gasteiger partial charge in [-0.05, 0) is 38.5 Å². The van der Waals surface area contributed by atoms with Gasteiger partial charge in [-0.1, -0.05) is 0 Å². The Bertz CT molecular complexity index is 703. The fraction of sp³-hybridized carbons (Fsp3) is 0.533. The van der Waals surface area contributed by atoms with E-state index in [1.807, 2.05) is 0 Å². The van der Waals surface area contributed by atoms with Gasteiger partial charge in [-0.2, -0.15) is 0 Å². The molecule has 1 aliphatic heterocycles. The van der Waals surface area contributed by atoms with Crippen molar-refractivity contribution < 1.29 is 17.9 Å². The molecule has 6 nitrogen and oxygen atoms in total. The third-order valence-corrected chi connectivity index (χ3v) is 6.30. The number of carbonyl (C=O) groups is 1. The van der Waals surface area contributed by atoms with E-state index in [1.54, 1.807) is 32.0 Å². The summed E-state index contributed by atoms with van der Waals surface area (Å²) >= 11 is 5.82. The molecule has 1 heterocycles. The summed E-state index contributed by atoms with van der Waals surface area (Å²) in [4.78, 5) is 12.3. The molecule has 0 bridgehead atoms. The van der Waals surface area contributed by atoms with Gasteiger partial charge in [-0.25, -0.2) is 8.42 Å². The molecule has 1 aromatic carbocycles. The summed E-state index contributed by atoms with van der Waals surface area (Å²) in [6.07, 6.45) is 0.593. The summed E-state index contributed by atoms with van der Waals surface area (Å²) in [7, 11) is -1.79. The van der Waals surface area contributed by atoms with Crippen LogP contribution in [0.15, 0.2) is 18.2 Å². The van der Waals surface area contributed by atoms with E-state index in [0.29, 0.717) is 30.1 Å². The van der Waals surface area contributed by atoms with Crippen LogP contribution in [0.2, 0.25) is 0 Å². The number of hydrogen-bond donors (Lipinski definition) is 1. The van der Waals surface area contributed by atoms with Crippen LogP contribution in [0.3, 0.4) is 0 Å².